The van der Waals surface area contributed by atoms with Crippen LogP contribution in [-0.2, 0) is 6.54 Å². The van der Waals surface area contributed by atoms with Crippen LogP contribution in [0.3, 0.4) is 0 Å². The van der Waals surface area contributed by atoms with E-state index >= 15 is 0 Å². The molecule has 0 aliphatic carbocycles. The van der Waals surface area contributed by atoms with E-state index in [0.717, 1.165) is 5.56 Å². The van der Waals surface area contributed by atoms with Gasteiger partial charge < -0.3 is 15.4 Å². The van der Waals surface area contributed by atoms with E-state index in [4.69, 9.17) is 0 Å². The van der Waals surface area contributed by atoms with Crippen LogP contribution < -0.4 is 15.4 Å². The smallest absolute Gasteiger partial charge is 0.406 e. The van der Waals surface area contributed by atoms with Gasteiger partial charge in [-0.15, -0.1) is 13.2 Å². The molecule has 0 atom stereocenters. The summed E-state index contributed by atoms with van der Waals surface area (Å²) in [5.74, 6) is 0.623. The molecule has 0 amide bonds. The Hall–Kier alpha value is -3.29. The molecule has 2 aromatic carbocycles. The van der Waals surface area contributed by atoms with Gasteiger partial charge in [-0.25, -0.2) is 4.98 Å². The first-order valence-electron chi connectivity index (χ1n) is 9.39. The monoisotopic (exact) mass is 416 g/mol. The molecule has 3 rings (SSSR count). The number of hydrogen-bond donors (Lipinski definition) is 2. The molecule has 0 bridgehead atoms. The van der Waals surface area contributed by atoms with Gasteiger partial charge in [0.05, 0.1) is 5.69 Å². The van der Waals surface area contributed by atoms with E-state index in [1.165, 1.54) is 18.2 Å². The molecule has 0 fully saturated rings. The summed E-state index contributed by atoms with van der Waals surface area (Å²) >= 11 is 0. The zero-order chi connectivity index (χ0) is 21.8. The lowest BCUT2D eigenvalue weighted by Gasteiger charge is -2.21. The van der Waals surface area contributed by atoms with Crippen molar-refractivity contribution in [3.05, 3.63) is 66.2 Å². The van der Waals surface area contributed by atoms with E-state index in [-0.39, 0.29) is 11.3 Å². The summed E-state index contributed by atoms with van der Waals surface area (Å²) in [6, 6.07) is 17.2. The second-order valence-electron chi connectivity index (χ2n) is 7.75. The summed E-state index contributed by atoms with van der Waals surface area (Å²) in [4.78, 5) is 8.98. The van der Waals surface area contributed by atoms with Crippen molar-refractivity contribution in [1.29, 1.82) is 0 Å². The maximum Gasteiger partial charge on any atom is 0.573 e. The molecular formula is C22H23F3N4O. The van der Waals surface area contributed by atoms with Crippen molar-refractivity contribution in [2.45, 2.75) is 39.2 Å². The highest BCUT2D eigenvalue weighted by Crippen LogP contribution is 2.29. The van der Waals surface area contributed by atoms with Gasteiger partial charge in [-0.1, -0.05) is 42.5 Å². The molecule has 1 aromatic heterocycles. The number of hydrogen-bond acceptors (Lipinski definition) is 5. The number of alkyl halides is 3. The number of ether oxygens (including phenoxy) is 1. The number of nitrogens with one attached hydrogen (secondary N) is 2. The Morgan fingerprint density at radius 1 is 0.900 bits per heavy atom. The lowest BCUT2D eigenvalue weighted by molar-refractivity contribution is -0.274. The van der Waals surface area contributed by atoms with E-state index in [9.17, 15) is 13.2 Å². The number of halogens is 3. The summed E-state index contributed by atoms with van der Waals surface area (Å²) in [5.41, 5.74) is 1.73. The Kier molecular flexibility index (Phi) is 6.14. The Morgan fingerprint density at radius 3 is 2.30 bits per heavy atom. The van der Waals surface area contributed by atoms with Crippen LogP contribution in [0.5, 0.6) is 5.75 Å². The van der Waals surface area contributed by atoms with E-state index in [0.29, 0.717) is 29.6 Å². The molecule has 0 spiro atoms. The third-order valence-electron chi connectivity index (χ3n) is 3.89. The number of aromatic nitrogens is 2. The SMILES string of the molecule is CC(C)(C)Nc1nc(NCc2ccccc2)cc(-c2cccc(OC(F)(F)F)c2)n1. The number of nitrogens with zero attached hydrogens (tertiary/aromatic N) is 2. The maximum absolute atomic E-state index is 12.6. The number of benzene rings is 2. The molecule has 5 nitrogen and oxygen atoms in total. The van der Waals surface area contributed by atoms with Crippen LogP contribution >= 0.6 is 0 Å². The number of anilines is 2. The van der Waals surface area contributed by atoms with Gasteiger partial charge in [0.1, 0.15) is 11.6 Å². The van der Waals surface area contributed by atoms with E-state index in [2.05, 4.69) is 25.3 Å². The molecule has 0 radical (unpaired) electrons. The predicted octanol–water partition coefficient (Wildman–Crippen LogP) is 5.86. The second-order valence-corrected chi connectivity index (χ2v) is 7.75. The minimum Gasteiger partial charge on any atom is -0.406 e. The Morgan fingerprint density at radius 2 is 1.63 bits per heavy atom. The lowest BCUT2D eigenvalue weighted by Crippen LogP contribution is -2.27. The average Bonchev–Trinajstić information content (AvgIpc) is 2.64. The molecule has 158 valence electrons. The van der Waals surface area contributed by atoms with Gasteiger partial charge in [-0.3, -0.25) is 0 Å². The van der Waals surface area contributed by atoms with Gasteiger partial charge in [0.15, 0.2) is 0 Å². The Balaban J connectivity index is 1.92. The summed E-state index contributed by atoms with van der Waals surface area (Å²) in [5, 5.41) is 6.46. The Bertz CT molecular complexity index is 986. The zero-order valence-electron chi connectivity index (χ0n) is 16.9. The largest absolute Gasteiger partial charge is 0.573 e. The fourth-order valence-corrected chi connectivity index (χ4v) is 2.72. The van der Waals surface area contributed by atoms with E-state index < -0.39 is 6.36 Å². The molecule has 2 N–H and O–H groups in total. The van der Waals surface area contributed by atoms with Gasteiger partial charge in [0, 0.05) is 23.7 Å². The lowest BCUT2D eigenvalue weighted by atomic mass is 10.1. The first-order valence-corrected chi connectivity index (χ1v) is 9.39. The van der Waals surface area contributed by atoms with Crippen molar-refractivity contribution in [1.82, 2.24) is 9.97 Å². The fraction of sp³-hybridized carbons (Fsp3) is 0.273. The maximum atomic E-state index is 12.6. The highest BCUT2D eigenvalue weighted by atomic mass is 19.4. The third kappa shape index (κ3) is 6.65. The van der Waals surface area contributed by atoms with Crippen LogP contribution in [0.15, 0.2) is 60.7 Å². The second kappa shape index (κ2) is 8.61. The normalized spacial score (nSPS) is 11.8. The minimum absolute atomic E-state index is 0.295. The molecule has 1 heterocycles. The van der Waals surface area contributed by atoms with Crippen molar-refractivity contribution in [3.8, 4) is 17.0 Å². The van der Waals surface area contributed by atoms with Gasteiger partial charge in [0.25, 0.3) is 0 Å². The topological polar surface area (TPSA) is 59.1 Å². The minimum atomic E-state index is -4.76. The quantitative estimate of drug-likeness (QED) is 0.527. The molecule has 0 aliphatic heterocycles. The van der Waals surface area contributed by atoms with Crippen molar-refractivity contribution >= 4 is 11.8 Å². The third-order valence-corrected chi connectivity index (χ3v) is 3.89. The van der Waals surface area contributed by atoms with Gasteiger partial charge in [0.2, 0.25) is 5.95 Å². The van der Waals surface area contributed by atoms with Crippen LogP contribution in [0.2, 0.25) is 0 Å². The molecule has 0 saturated carbocycles. The van der Waals surface area contributed by atoms with Crippen LogP contribution in [-0.4, -0.2) is 21.9 Å². The van der Waals surface area contributed by atoms with E-state index in [1.807, 2.05) is 51.1 Å². The van der Waals surface area contributed by atoms with Crippen molar-refractivity contribution in [2.24, 2.45) is 0 Å². The summed E-state index contributed by atoms with van der Waals surface area (Å²) < 4.78 is 41.8. The number of rotatable bonds is 6. The molecule has 8 heteroatoms. The first-order chi connectivity index (χ1) is 14.1. The van der Waals surface area contributed by atoms with Crippen LogP contribution in [0, 0.1) is 0 Å². The van der Waals surface area contributed by atoms with Crippen LogP contribution in [0.4, 0.5) is 24.9 Å². The molecule has 0 aliphatic rings. The average molecular weight is 416 g/mol. The van der Waals surface area contributed by atoms with Crippen molar-refractivity contribution in [2.75, 3.05) is 10.6 Å². The Labute approximate surface area is 173 Å². The molecule has 30 heavy (non-hydrogen) atoms. The van der Waals surface area contributed by atoms with Crippen LogP contribution in [0.25, 0.3) is 11.3 Å². The molecule has 0 saturated heterocycles. The fourth-order valence-electron chi connectivity index (χ4n) is 2.72. The summed E-state index contributed by atoms with van der Waals surface area (Å²) in [6.45, 7) is 6.46. The van der Waals surface area contributed by atoms with Gasteiger partial charge in [-0.05, 0) is 38.5 Å². The van der Waals surface area contributed by atoms with Crippen molar-refractivity contribution in [3.63, 3.8) is 0 Å². The summed E-state index contributed by atoms with van der Waals surface area (Å²) in [7, 11) is 0. The predicted molar refractivity (Wildman–Crippen MR) is 111 cm³/mol. The standard InChI is InChI=1S/C22H23F3N4O/c1-21(2,3)29-20-27-18(16-10-7-11-17(12-16)30-22(23,24)25)13-19(28-20)26-14-15-8-5-4-6-9-15/h4-13H,14H2,1-3H3,(H2,26,27,28,29). The molecule has 3 aromatic rings. The van der Waals surface area contributed by atoms with E-state index in [1.54, 1.807) is 12.1 Å². The zero-order valence-corrected chi connectivity index (χ0v) is 16.9. The van der Waals surface area contributed by atoms with Gasteiger partial charge >= 0.3 is 6.36 Å². The van der Waals surface area contributed by atoms with Crippen LogP contribution in [0.1, 0.15) is 26.3 Å². The first kappa shape index (κ1) is 21.4. The van der Waals surface area contributed by atoms with Gasteiger partial charge in [-0.2, -0.15) is 4.98 Å². The highest BCUT2D eigenvalue weighted by Gasteiger charge is 2.31. The molecular weight excluding hydrogens is 393 g/mol. The highest BCUT2D eigenvalue weighted by molar-refractivity contribution is 5.66. The molecule has 0 unspecified atom stereocenters. The summed E-state index contributed by atoms with van der Waals surface area (Å²) in [6.07, 6.45) is -4.76. The van der Waals surface area contributed by atoms with Crippen molar-refractivity contribution < 1.29 is 17.9 Å².